The van der Waals surface area contributed by atoms with Crippen LogP contribution in [0.4, 0.5) is 0 Å². The molecule has 0 fully saturated rings. The molecule has 0 unspecified atom stereocenters. The van der Waals surface area contributed by atoms with E-state index in [4.69, 9.17) is 9.47 Å². The molecule has 1 aromatic heterocycles. The quantitative estimate of drug-likeness (QED) is 0.858. The summed E-state index contributed by atoms with van der Waals surface area (Å²) in [6.07, 6.45) is 0. The normalized spacial score (nSPS) is 11.2. The van der Waals surface area contributed by atoms with Gasteiger partial charge in [-0.3, -0.25) is 0 Å². The highest BCUT2D eigenvalue weighted by Crippen LogP contribution is 2.34. The predicted molar refractivity (Wildman–Crippen MR) is 79.8 cm³/mol. The van der Waals surface area contributed by atoms with E-state index in [0.717, 1.165) is 11.3 Å². The SMILES string of the molecule is CCOC(=O)c1sc(C(C)(C)O)nc1Oc1ccccc1. The molecule has 0 bridgehead atoms. The molecule has 0 atom stereocenters. The van der Waals surface area contributed by atoms with Crippen molar-refractivity contribution in [3.63, 3.8) is 0 Å². The number of ether oxygens (including phenoxy) is 2. The van der Waals surface area contributed by atoms with Gasteiger partial charge in [-0.2, -0.15) is 0 Å². The number of carbonyl (C=O) groups excluding carboxylic acids is 1. The molecule has 0 radical (unpaired) electrons. The van der Waals surface area contributed by atoms with Crippen molar-refractivity contribution in [2.45, 2.75) is 26.4 Å². The molecule has 0 amide bonds. The van der Waals surface area contributed by atoms with E-state index in [2.05, 4.69) is 4.98 Å². The van der Waals surface area contributed by atoms with Crippen LogP contribution in [0.25, 0.3) is 0 Å². The summed E-state index contributed by atoms with van der Waals surface area (Å²) in [5.41, 5.74) is -1.15. The van der Waals surface area contributed by atoms with Crippen molar-refractivity contribution < 1.29 is 19.4 Å². The highest BCUT2D eigenvalue weighted by Gasteiger charge is 2.28. The lowest BCUT2D eigenvalue weighted by Gasteiger charge is -2.12. The molecule has 1 heterocycles. The first-order valence-corrected chi connectivity index (χ1v) is 7.37. The minimum absolute atomic E-state index is 0.154. The second kappa shape index (κ2) is 6.24. The average molecular weight is 307 g/mol. The molecule has 1 N–H and O–H groups in total. The van der Waals surface area contributed by atoms with Gasteiger partial charge in [-0.1, -0.05) is 18.2 Å². The van der Waals surface area contributed by atoms with Crippen LogP contribution in [0.1, 0.15) is 35.5 Å². The van der Waals surface area contributed by atoms with Crippen molar-refractivity contribution in [1.82, 2.24) is 4.98 Å². The summed E-state index contributed by atoms with van der Waals surface area (Å²) in [4.78, 5) is 16.5. The van der Waals surface area contributed by atoms with Gasteiger partial charge in [-0.25, -0.2) is 9.78 Å². The monoisotopic (exact) mass is 307 g/mol. The molecule has 6 heteroatoms. The number of rotatable bonds is 5. The van der Waals surface area contributed by atoms with Gasteiger partial charge in [0, 0.05) is 0 Å². The summed E-state index contributed by atoms with van der Waals surface area (Å²) in [6, 6.07) is 9.03. The van der Waals surface area contributed by atoms with Crippen LogP contribution in [0.15, 0.2) is 30.3 Å². The average Bonchev–Trinajstić information content (AvgIpc) is 2.84. The van der Waals surface area contributed by atoms with Gasteiger partial charge >= 0.3 is 5.97 Å². The molecule has 112 valence electrons. The standard InChI is InChI=1S/C15H17NO4S/c1-4-19-13(17)11-12(16-14(21-11)15(2,3)18)20-10-8-6-5-7-9-10/h5-9,18H,4H2,1-3H3. The van der Waals surface area contributed by atoms with E-state index in [1.807, 2.05) is 18.2 Å². The van der Waals surface area contributed by atoms with E-state index in [-0.39, 0.29) is 17.4 Å². The van der Waals surface area contributed by atoms with Gasteiger partial charge in [0.15, 0.2) is 4.88 Å². The Morgan fingerprint density at radius 3 is 2.57 bits per heavy atom. The van der Waals surface area contributed by atoms with E-state index in [1.165, 1.54) is 0 Å². The lowest BCUT2D eigenvalue weighted by atomic mass is 10.2. The number of nitrogens with zero attached hydrogens (tertiary/aromatic N) is 1. The van der Waals surface area contributed by atoms with E-state index in [9.17, 15) is 9.90 Å². The van der Waals surface area contributed by atoms with E-state index in [1.54, 1.807) is 32.9 Å². The third-order valence-electron chi connectivity index (χ3n) is 2.54. The van der Waals surface area contributed by atoms with Crippen LogP contribution in [0, 0.1) is 0 Å². The largest absolute Gasteiger partial charge is 0.462 e. The Morgan fingerprint density at radius 1 is 1.33 bits per heavy atom. The Balaban J connectivity index is 2.37. The fourth-order valence-electron chi connectivity index (χ4n) is 1.56. The van der Waals surface area contributed by atoms with Crippen LogP contribution >= 0.6 is 11.3 Å². The summed E-state index contributed by atoms with van der Waals surface area (Å²) in [5, 5.41) is 10.4. The van der Waals surface area contributed by atoms with E-state index >= 15 is 0 Å². The maximum atomic E-state index is 12.0. The fourth-order valence-corrected chi connectivity index (χ4v) is 2.45. The van der Waals surface area contributed by atoms with Gasteiger partial charge in [0.1, 0.15) is 16.4 Å². The summed E-state index contributed by atoms with van der Waals surface area (Å²) in [5.74, 6) is 0.217. The molecule has 0 aliphatic carbocycles. The summed E-state index contributed by atoms with van der Waals surface area (Å²) < 4.78 is 10.6. The Labute approximate surface area is 127 Å². The van der Waals surface area contributed by atoms with Gasteiger partial charge in [0.25, 0.3) is 0 Å². The molecular weight excluding hydrogens is 290 g/mol. The van der Waals surface area contributed by atoms with Crippen LogP contribution in [0.2, 0.25) is 0 Å². The minimum Gasteiger partial charge on any atom is -0.462 e. The van der Waals surface area contributed by atoms with Gasteiger partial charge < -0.3 is 14.6 Å². The molecule has 2 rings (SSSR count). The van der Waals surface area contributed by atoms with Crippen molar-refractivity contribution in [3.05, 3.63) is 40.2 Å². The number of para-hydroxylation sites is 1. The Kier molecular flexibility index (Phi) is 4.59. The molecule has 5 nitrogen and oxygen atoms in total. The molecule has 1 aromatic carbocycles. The highest BCUT2D eigenvalue weighted by molar-refractivity contribution is 7.14. The van der Waals surface area contributed by atoms with Crippen LogP contribution in [-0.4, -0.2) is 22.7 Å². The predicted octanol–water partition coefficient (Wildman–Crippen LogP) is 3.34. The number of aromatic nitrogens is 1. The summed E-state index contributed by atoms with van der Waals surface area (Å²) in [6.45, 7) is 5.20. The van der Waals surface area contributed by atoms with Crippen LogP contribution in [0.3, 0.4) is 0 Å². The number of thiazole rings is 1. The van der Waals surface area contributed by atoms with Crippen molar-refractivity contribution in [1.29, 1.82) is 0 Å². The zero-order valence-electron chi connectivity index (χ0n) is 12.1. The Bertz CT molecular complexity index is 616. The molecule has 21 heavy (non-hydrogen) atoms. The maximum absolute atomic E-state index is 12.0. The Morgan fingerprint density at radius 2 is 2.00 bits per heavy atom. The number of esters is 1. The van der Waals surface area contributed by atoms with Crippen LogP contribution in [-0.2, 0) is 10.3 Å². The number of hydrogen-bond acceptors (Lipinski definition) is 6. The van der Waals surface area contributed by atoms with E-state index in [0.29, 0.717) is 10.8 Å². The molecule has 0 saturated carbocycles. The van der Waals surface area contributed by atoms with Crippen LogP contribution < -0.4 is 4.74 Å². The third kappa shape index (κ3) is 3.80. The smallest absolute Gasteiger partial charge is 0.354 e. The van der Waals surface area contributed by atoms with Gasteiger partial charge in [-0.15, -0.1) is 11.3 Å². The van der Waals surface area contributed by atoms with Crippen LogP contribution in [0.5, 0.6) is 11.6 Å². The van der Waals surface area contributed by atoms with Crippen molar-refractivity contribution in [2.24, 2.45) is 0 Å². The molecule has 0 aliphatic heterocycles. The molecule has 0 saturated heterocycles. The molecular formula is C15H17NO4S. The zero-order chi connectivity index (χ0) is 15.5. The lowest BCUT2D eigenvalue weighted by Crippen LogP contribution is -2.14. The molecule has 2 aromatic rings. The molecule has 0 spiro atoms. The molecule has 0 aliphatic rings. The minimum atomic E-state index is -1.15. The van der Waals surface area contributed by atoms with Crippen molar-refractivity contribution in [3.8, 4) is 11.6 Å². The van der Waals surface area contributed by atoms with E-state index < -0.39 is 11.6 Å². The lowest BCUT2D eigenvalue weighted by molar-refractivity contribution is 0.0529. The third-order valence-corrected chi connectivity index (χ3v) is 3.87. The van der Waals surface area contributed by atoms with Gasteiger partial charge in [0.05, 0.1) is 6.61 Å². The topological polar surface area (TPSA) is 68.7 Å². The number of carbonyl (C=O) groups is 1. The first-order valence-electron chi connectivity index (χ1n) is 6.55. The second-order valence-electron chi connectivity index (χ2n) is 4.85. The number of aliphatic hydroxyl groups is 1. The zero-order valence-corrected chi connectivity index (χ0v) is 12.9. The maximum Gasteiger partial charge on any atom is 0.354 e. The highest BCUT2D eigenvalue weighted by atomic mass is 32.1. The van der Waals surface area contributed by atoms with Gasteiger partial charge in [-0.05, 0) is 32.9 Å². The fraction of sp³-hybridized carbons (Fsp3) is 0.333. The van der Waals surface area contributed by atoms with Crippen molar-refractivity contribution in [2.75, 3.05) is 6.61 Å². The summed E-state index contributed by atoms with van der Waals surface area (Å²) >= 11 is 1.07. The number of benzene rings is 1. The van der Waals surface area contributed by atoms with Gasteiger partial charge in [0.2, 0.25) is 5.88 Å². The second-order valence-corrected chi connectivity index (χ2v) is 5.85. The summed E-state index contributed by atoms with van der Waals surface area (Å²) in [7, 11) is 0. The first kappa shape index (κ1) is 15.5. The Hall–Kier alpha value is -1.92. The van der Waals surface area contributed by atoms with Crippen molar-refractivity contribution >= 4 is 17.3 Å². The number of hydrogen-bond donors (Lipinski definition) is 1. The first-order chi connectivity index (χ1) is 9.91.